The van der Waals surface area contributed by atoms with E-state index >= 15 is 0 Å². The van der Waals surface area contributed by atoms with Gasteiger partial charge < -0.3 is 14.6 Å². The highest BCUT2D eigenvalue weighted by Gasteiger charge is 2.61. The molecule has 128 valence electrons. The van der Waals surface area contributed by atoms with Crippen LogP contribution in [-0.2, 0) is 33.7 Å². The number of ether oxygens (including phenoxy) is 2. The molecular weight excluding hydrogens is 330 g/mol. The first-order valence-electron chi connectivity index (χ1n) is 6.68. The van der Waals surface area contributed by atoms with E-state index in [2.05, 4.69) is 0 Å². The third-order valence-corrected chi connectivity index (χ3v) is 5.22. The molecule has 2 heterocycles. The minimum Gasteiger partial charge on any atom is -0.478 e. The molecule has 10 heteroatoms. The first kappa shape index (κ1) is 17.4. The second-order valence-corrected chi connectivity index (χ2v) is 8.29. The zero-order valence-corrected chi connectivity index (χ0v) is 13.8. The zero-order chi connectivity index (χ0) is 17.7. The first-order valence-corrected chi connectivity index (χ1v) is 8.39. The molecule has 23 heavy (non-hydrogen) atoms. The number of methoxy groups -OCH3 is 1. The summed E-state index contributed by atoms with van der Waals surface area (Å²) in [4.78, 5) is 36.4. The number of aliphatic carboxylic acids is 1. The lowest BCUT2D eigenvalue weighted by molar-refractivity contribution is -0.167. The topological polar surface area (TPSA) is 127 Å². The van der Waals surface area contributed by atoms with Crippen LogP contribution in [0.5, 0.6) is 0 Å². The van der Waals surface area contributed by atoms with Gasteiger partial charge in [-0.25, -0.2) is 18.0 Å². The Hall–Kier alpha value is -1.94. The van der Waals surface area contributed by atoms with Crippen LogP contribution in [0, 0.1) is 0 Å². The molecule has 1 unspecified atom stereocenters. The van der Waals surface area contributed by atoms with Crippen molar-refractivity contribution in [2.24, 2.45) is 0 Å². The van der Waals surface area contributed by atoms with Gasteiger partial charge in [-0.1, -0.05) is 0 Å². The molecule has 2 rings (SSSR count). The molecule has 0 aliphatic carbocycles. The van der Waals surface area contributed by atoms with Gasteiger partial charge in [-0.2, -0.15) is 0 Å². The van der Waals surface area contributed by atoms with Crippen LogP contribution in [0.3, 0.4) is 0 Å². The van der Waals surface area contributed by atoms with E-state index in [1.54, 1.807) is 20.8 Å². The fraction of sp³-hybridized carbons (Fsp3) is 0.615. The third kappa shape index (κ3) is 2.83. The number of amides is 1. The maximum absolute atomic E-state index is 12.3. The van der Waals surface area contributed by atoms with E-state index in [4.69, 9.17) is 9.47 Å². The Morgan fingerprint density at radius 2 is 1.87 bits per heavy atom. The van der Waals surface area contributed by atoms with E-state index in [0.29, 0.717) is 4.90 Å². The molecule has 0 spiro atoms. The number of β-lactam (4-membered cyclic amide) rings is 1. The number of hydrogen-bond donors (Lipinski definition) is 1. The number of rotatable bonds is 3. The normalized spacial score (nSPS) is 26.4. The average Bonchev–Trinajstić information content (AvgIpc) is 2.36. The van der Waals surface area contributed by atoms with Crippen molar-refractivity contribution < 1.29 is 37.4 Å². The molecule has 0 bridgehead atoms. The zero-order valence-electron chi connectivity index (χ0n) is 13.0. The van der Waals surface area contributed by atoms with Crippen molar-refractivity contribution in [3.05, 3.63) is 11.3 Å². The van der Waals surface area contributed by atoms with Gasteiger partial charge in [0.25, 0.3) is 5.91 Å². The Morgan fingerprint density at radius 3 is 2.30 bits per heavy atom. The number of carboxylic acids is 1. The van der Waals surface area contributed by atoms with Gasteiger partial charge in [0, 0.05) is 7.11 Å². The minimum atomic E-state index is -3.99. The van der Waals surface area contributed by atoms with E-state index in [1.807, 2.05) is 0 Å². The third-order valence-electron chi connectivity index (χ3n) is 3.34. The van der Waals surface area contributed by atoms with Gasteiger partial charge in [0.2, 0.25) is 0 Å². The molecule has 0 saturated carbocycles. The molecule has 0 aromatic carbocycles. The van der Waals surface area contributed by atoms with Crippen LogP contribution in [0.25, 0.3) is 0 Å². The summed E-state index contributed by atoms with van der Waals surface area (Å²) in [5, 5.41) is 7.81. The lowest BCUT2D eigenvalue weighted by atomic mass is 10.0. The summed E-state index contributed by atoms with van der Waals surface area (Å²) in [6.45, 7) is 4.70. The Bertz CT molecular complexity index is 715. The number of carbonyl (C=O) groups excluding carboxylic acids is 2. The molecule has 1 saturated heterocycles. The molecular formula is C13H17NO8S. The highest BCUT2D eigenvalue weighted by atomic mass is 32.2. The number of carboxylic acid groups (broad SMARTS) is 1. The Balaban J connectivity index is 2.57. The van der Waals surface area contributed by atoms with Gasteiger partial charge in [-0.15, -0.1) is 0 Å². The van der Waals surface area contributed by atoms with E-state index in [1.165, 1.54) is 7.11 Å². The predicted octanol–water partition coefficient (Wildman–Crippen LogP) is -0.721. The Kier molecular flexibility index (Phi) is 4.02. The molecule has 2 aliphatic rings. The van der Waals surface area contributed by atoms with E-state index in [9.17, 15) is 27.9 Å². The van der Waals surface area contributed by atoms with Crippen LogP contribution in [-0.4, -0.2) is 66.2 Å². The molecule has 9 nitrogen and oxygen atoms in total. The van der Waals surface area contributed by atoms with Gasteiger partial charge in [-0.3, -0.25) is 9.69 Å². The van der Waals surface area contributed by atoms with E-state index in [-0.39, 0.29) is 0 Å². The second kappa shape index (κ2) is 5.31. The number of nitrogens with zero attached hydrogens (tertiary/aromatic N) is 1. The summed E-state index contributed by atoms with van der Waals surface area (Å²) < 4.78 is 34.3. The van der Waals surface area contributed by atoms with Crippen LogP contribution in [0.15, 0.2) is 11.3 Å². The summed E-state index contributed by atoms with van der Waals surface area (Å²) in [6.07, 6.45) is -1.26. The summed E-state index contributed by atoms with van der Waals surface area (Å²) in [5.41, 5.74) is -2.17. The lowest BCUT2D eigenvalue weighted by Crippen LogP contribution is -2.71. The standard InChI is InChI=1S/C13H17NO8S/c1-13(2,3)22-12(18)7-6(11(16)17)5-23(19,20)10-8(21-4)9(15)14(7)10/h8,10H,5H2,1-4H3,(H,16,17)/t8-,10?/m0/s1. The number of carbonyl (C=O) groups is 3. The number of esters is 1. The van der Waals surface area contributed by atoms with Crippen molar-refractivity contribution in [1.29, 1.82) is 0 Å². The highest BCUT2D eigenvalue weighted by Crippen LogP contribution is 2.38. The van der Waals surface area contributed by atoms with Crippen molar-refractivity contribution in [3.63, 3.8) is 0 Å². The van der Waals surface area contributed by atoms with Crippen molar-refractivity contribution in [2.45, 2.75) is 37.9 Å². The molecule has 0 radical (unpaired) electrons. The minimum absolute atomic E-state index is 0.550. The molecule has 1 N–H and O–H groups in total. The summed E-state index contributed by atoms with van der Waals surface area (Å²) >= 11 is 0. The average molecular weight is 347 g/mol. The van der Waals surface area contributed by atoms with Crippen LogP contribution < -0.4 is 0 Å². The van der Waals surface area contributed by atoms with Gasteiger partial charge in [0.1, 0.15) is 11.3 Å². The fourth-order valence-corrected chi connectivity index (χ4v) is 4.42. The van der Waals surface area contributed by atoms with Gasteiger partial charge >= 0.3 is 11.9 Å². The molecule has 0 aromatic rings. The molecule has 2 atom stereocenters. The van der Waals surface area contributed by atoms with E-state index < -0.39 is 61.8 Å². The summed E-state index contributed by atoms with van der Waals surface area (Å²) in [6, 6.07) is 0. The largest absolute Gasteiger partial charge is 0.478 e. The smallest absolute Gasteiger partial charge is 0.356 e. The number of sulfone groups is 1. The van der Waals surface area contributed by atoms with Crippen LogP contribution in [0.1, 0.15) is 20.8 Å². The van der Waals surface area contributed by atoms with Crippen molar-refractivity contribution in [3.8, 4) is 0 Å². The SMILES string of the molecule is CO[C@H]1C(=O)N2C(C(=O)OC(C)(C)C)=C(C(=O)O)CS(=O)(=O)C12. The van der Waals surface area contributed by atoms with Gasteiger partial charge in [-0.05, 0) is 20.8 Å². The van der Waals surface area contributed by atoms with E-state index in [0.717, 1.165) is 0 Å². The summed E-state index contributed by atoms with van der Waals surface area (Å²) in [7, 11) is -2.82. The maximum Gasteiger partial charge on any atom is 0.356 e. The van der Waals surface area contributed by atoms with Gasteiger partial charge in [0.15, 0.2) is 21.3 Å². The van der Waals surface area contributed by atoms with Crippen LogP contribution in [0.4, 0.5) is 0 Å². The predicted molar refractivity (Wildman–Crippen MR) is 75.7 cm³/mol. The second-order valence-electron chi connectivity index (χ2n) is 6.20. The molecule has 1 fully saturated rings. The van der Waals surface area contributed by atoms with Crippen molar-refractivity contribution in [1.82, 2.24) is 4.90 Å². The monoisotopic (exact) mass is 347 g/mol. The molecule has 2 aliphatic heterocycles. The highest BCUT2D eigenvalue weighted by molar-refractivity contribution is 7.92. The lowest BCUT2D eigenvalue weighted by Gasteiger charge is -2.48. The first-order chi connectivity index (χ1) is 10.4. The maximum atomic E-state index is 12.3. The summed E-state index contributed by atoms with van der Waals surface area (Å²) in [5.74, 6) is -4.31. The Labute approximate surface area is 132 Å². The van der Waals surface area contributed by atoms with Crippen LogP contribution >= 0.6 is 0 Å². The Morgan fingerprint density at radius 1 is 1.30 bits per heavy atom. The molecule has 1 amide bonds. The molecule has 0 aromatic heterocycles. The van der Waals surface area contributed by atoms with Crippen molar-refractivity contribution >= 4 is 27.7 Å². The fourth-order valence-electron chi connectivity index (χ4n) is 2.45. The number of fused-ring (bicyclic) bond motifs is 1. The van der Waals surface area contributed by atoms with Gasteiger partial charge in [0.05, 0.1) is 11.3 Å². The van der Waals surface area contributed by atoms with Crippen molar-refractivity contribution in [2.75, 3.05) is 12.9 Å². The number of hydrogen-bond acceptors (Lipinski definition) is 7. The quantitative estimate of drug-likeness (QED) is 0.523. The van der Waals surface area contributed by atoms with Crippen LogP contribution in [0.2, 0.25) is 0 Å².